The van der Waals surface area contributed by atoms with Crippen LogP contribution in [-0.4, -0.2) is 48.4 Å². The summed E-state index contributed by atoms with van der Waals surface area (Å²) in [6.45, 7) is 7.41. The van der Waals surface area contributed by atoms with Crippen molar-refractivity contribution >= 4 is 17.8 Å². The minimum absolute atomic E-state index is 0.0255. The van der Waals surface area contributed by atoms with Gasteiger partial charge in [0, 0.05) is 19.5 Å². The van der Waals surface area contributed by atoms with E-state index in [9.17, 15) is 14.4 Å². The van der Waals surface area contributed by atoms with Crippen molar-refractivity contribution in [2.24, 2.45) is 5.92 Å². The molecule has 30 heavy (non-hydrogen) atoms. The smallest absolute Gasteiger partial charge is 0.308 e. The number of carbonyl (C=O) groups is 3. The number of nitrogens with zero attached hydrogens (tertiary/aromatic N) is 1. The Hall–Kier alpha value is -1.59. The molecular weight excluding hydrogens is 380 g/mol. The number of esters is 1. The first-order chi connectivity index (χ1) is 14.5. The fraction of sp³-hybridized carbons (Fsp3) is 0.875. The Labute approximate surface area is 183 Å². The molecular formula is C24H44N2O4. The average molecular weight is 425 g/mol. The zero-order valence-electron chi connectivity index (χ0n) is 19.5. The van der Waals surface area contributed by atoms with Gasteiger partial charge in [0.1, 0.15) is 6.04 Å². The minimum Gasteiger partial charge on any atom is -0.465 e. The molecule has 0 aliphatic carbocycles. The van der Waals surface area contributed by atoms with Gasteiger partial charge in [-0.1, -0.05) is 85.0 Å². The number of hydrogen-bond acceptors (Lipinski definition) is 4. The fourth-order valence-electron chi connectivity index (χ4n) is 3.78. The Morgan fingerprint density at radius 1 is 1.00 bits per heavy atom. The van der Waals surface area contributed by atoms with Crippen LogP contribution in [-0.2, 0) is 19.1 Å². The van der Waals surface area contributed by atoms with Crippen LogP contribution in [0, 0.1) is 5.92 Å². The summed E-state index contributed by atoms with van der Waals surface area (Å²) >= 11 is 0. The summed E-state index contributed by atoms with van der Waals surface area (Å²) in [5.74, 6) is -0.455. The lowest BCUT2D eigenvalue weighted by atomic mass is 10.0. The molecule has 6 heteroatoms. The van der Waals surface area contributed by atoms with E-state index in [0.717, 1.165) is 19.3 Å². The van der Waals surface area contributed by atoms with Crippen LogP contribution in [0.3, 0.4) is 0 Å². The molecule has 0 aromatic heterocycles. The molecule has 1 saturated heterocycles. The molecule has 6 nitrogen and oxygen atoms in total. The minimum atomic E-state index is -0.737. The van der Waals surface area contributed by atoms with E-state index in [4.69, 9.17) is 4.74 Å². The maximum Gasteiger partial charge on any atom is 0.308 e. The number of nitrogens with one attached hydrogen (secondary N) is 1. The number of hydrogen-bond donors (Lipinski definition) is 1. The maximum atomic E-state index is 12.7. The molecule has 0 bridgehead atoms. The fourth-order valence-corrected chi connectivity index (χ4v) is 3.78. The average Bonchev–Trinajstić information content (AvgIpc) is 2.71. The van der Waals surface area contributed by atoms with Crippen LogP contribution in [0.4, 0.5) is 0 Å². The van der Waals surface area contributed by atoms with Gasteiger partial charge in [0.25, 0.3) is 0 Å². The molecule has 1 aliphatic heterocycles. The van der Waals surface area contributed by atoms with Crippen molar-refractivity contribution in [3.63, 3.8) is 0 Å². The van der Waals surface area contributed by atoms with Gasteiger partial charge in [0.05, 0.1) is 13.0 Å². The normalized spacial score (nSPS) is 16.6. The van der Waals surface area contributed by atoms with Gasteiger partial charge < -0.3 is 15.0 Å². The molecule has 1 fully saturated rings. The van der Waals surface area contributed by atoms with Crippen molar-refractivity contribution in [2.45, 2.75) is 110 Å². The maximum absolute atomic E-state index is 12.7. The van der Waals surface area contributed by atoms with Gasteiger partial charge in [-0.2, -0.15) is 0 Å². The Balaban J connectivity index is 2.23. The third-order valence-electron chi connectivity index (χ3n) is 5.58. The standard InChI is InChI=1S/C24H44N2O4/c1-4-5-6-7-8-9-10-11-12-13-14-15-22(27)26-17-16-25-24(29)21(26)18-23(28)30-19-20(2)3/h20-21H,4-19H2,1-3H3,(H,25,29). The number of rotatable bonds is 16. The van der Waals surface area contributed by atoms with Crippen molar-refractivity contribution in [3.05, 3.63) is 0 Å². The molecule has 174 valence electrons. The quantitative estimate of drug-likeness (QED) is 0.290. The van der Waals surface area contributed by atoms with Crippen LogP contribution in [0.25, 0.3) is 0 Å². The number of carbonyl (C=O) groups excluding carboxylic acids is 3. The summed E-state index contributed by atoms with van der Waals surface area (Å²) in [6.07, 6.45) is 14.0. The second kappa shape index (κ2) is 16.1. The molecule has 0 spiro atoms. The van der Waals surface area contributed by atoms with E-state index in [0.29, 0.717) is 26.1 Å². The van der Waals surface area contributed by atoms with Crippen molar-refractivity contribution in [2.75, 3.05) is 19.7 Å². The molecule has 1 atom stereocenters. The van der Waals surface area contributed by atoms with Crippen molar-refractivity contribution < 1.29 is 19.1 Å². The largest absolute Gasteiger partial charge is 0.465 e. The van der Waals surface area contributed by atoms with Gasteiger partial charge >= 0.3 is 5.97 Å². The second-order valence-corrected chi connectivity index (χ2v) is 8.96. The van der Waals surface area contributed by atoms with E-state index in [1.807, 2.05) is 13.8 Å². The molecule has 1 unspecified atom stereocenters. The Bertz CT molecular complexity index is 507. The lowest BCUT2D eigenvalue weighted by Crippen LogP contribution is -2.57. The van der Waals surface area contributed by atoms with Gasteiger partial charge in [-0.15, -0.1) is 0 Å². The highest BCUT2D eigenvalue weighted by Gasteiger charge is 2.34. The van der Waals surface area contributed by atoms with E-state index in [1.165, 1.54) is 51.4 Å². The summed E-state index contributed by atoms with van der Waals surface area (Å²) < 4.78 is 5.20. The van der Waals surface area contributed by atoms with Crippen molar-refractivity contribution in [1.29, 1.82) is 0 Å². The lowest BCUT2D eigenvalue weighted by Gasteiger charge is -2.34. The first kappa shape index (κ1) is 26.4. The van der Waals surface area contributed by atoms with E-state index in [-0.39, 0.29) is 24.2 Å². The van der Waals surface area contributed by atoms with Gasteiger partial charge in [0.2, 0.25) is 11.8 Å². The van der Waals surface area contributed by atoms with Crippen LogP contribution < -0.4 is 5.32 Å². The van der Waals surface area contributed by atoms with E-state index >= 15 is 0 Å². The summed E-state index contributed by atoms with van der Waals surface area (Å²) in [5, 5.41) is 2.76. The van der Waals surface area contributed by atoms with E-state index < -0.39 is 12.0 Å². The van der Waals surface area contributed by atoms with Crippen LogP contribution >= 0.6 is 0 Å². The topological polar surface area (TPSA) is 75.7 Å². The molecule has 0 aromatic carbocycles. The number of unbranched alkanes of at least 4 members (excludes halogenated alkanes) is 10. The third-order valence-corrected chi connectivity index (χ3v) is 5.58. The Morgan fingerprint density at radius 3 is 2.13 bits per heavy atom. The van der Waals surface area contributed by atoms with E-state index in [1.54, 1.807) is 4.90 Å². The van der Waals surface area contributed by atoms with Gasteiger partial charge in [-0.25, -0.2) is 0 Å². The van der Waals surface area contributed by atoms with Crippen LogP contribution in [0.15, 0.2) is 0 Å². The number of piperazine rings is 1. The molecule has 1 N–H and O–H groups in total. The Morgan fingerprint density at radius 2 is 1.57 bits per heavy atom. The van der Waals surface area contributed by atoms with Crippen LogP contribution in [0.1, 0.15) is 104 Å². The molecule has 0 aromatic rings. The van der Waals surface area contributed by atoms with Crippen molar-refractivity contribution in [1.82, 2.24) is 10.2 Å². The highest BCUT2D eigenvalue weighted by molar-refractivity contribution is 5.91. The summed E-state index contributed by atoms with van der Waals surface area (Å²) in [7, 11) is 0. The molecule has 1 aliphatic rings. The number of amides is 2. The summed E-state index contributed by atoms with van der Waals surface area (Å²) in [5.41, 5.74) is 0. The first-order valence-corrected chi connectivity index (χ1v) is 12.2. The molecule has 1 heterocycles. The van der Waals surface area contributed by atoms with E-state index in [2.05, 4.69) is 12.2 Å². The van der Waals surface area contributed by atoms with Crippen LogP contribution in [0.5, 0.6) is 0 Å². The van der Waals surface area contributed by atoms with Gasteiger partial charge in [0.15, 0.2) is 0 Å². The highest BCUT2D eigenvalue weighted by Crippen LogP contribution is 2.15. The lowest BCUT2D eigenvalue weighted by molar-refractivity contribution is -0.152. The zero-order valence-corrected chi connectivity index (χ0v) is 19.5. The molecule has 1 rings (SSSR count). The Kier molecular flexibility index (Phi) is 14.2. The predicted molar refractivity (Wildman–Crippen MR) is 120 cm³/mol. The van der Waals surface area contributed by atoms with Gasteiger partial charge in [-0.05, 0) is 12.3 Å². The predicted octanol–water partition coefficient (Wildman–Crippen LogP) is 4.60. The number of ether oxygens (including phenoxy) is 1. The first-order valence-electron chi connectivity index (χ1n) is 12.2. The summed E-state index contributed by atoms with van der Waals surface area (Å²) in [4.78, 5) is 38.5. The highest BCUT2D eigenvalue weighted by atomic mass is 16.5. The van der Waals surface area contributed by atoms with Gasteiger partial charge in [-0.3, -0.25) is 14.4 Å². The molecule has 0 radical (unpaired) electrons. The van der Waals surface area contributed by atoms with Crippen LogP contribution in [0.2, 0.25) is 0 Å². The molecule has 0 saturated carbocycles. The second-order valence-electron chi connectivity index (χ2n) is 8.96. The SMILES string of the molecule is CCCCCCCCCCCCCC(=O)N1CCNC(=O)C1CC(=O)OCC(C)C. The summed E-state index contributed by atoms with van der Waals surface area (Å²) in [6, 6.07) is -0.737. The monoisotopic (exact) mass is 424 g/mol. The zero-order chi connectivity index (χ0) is 22.2. The molecule has 2 amide bonds. The third kappa shape index (κ3) is 11.6. The van der Waals surface area contributed by atoms with Crippen molar-refractivity contribution in [3.8, 4) is 0 Å².